The molecule has 0 atom stereocenters. The zero-order chi connectivity index (χ0) is 17.0. The molecule has 0 fully saturated rings. The van der Waals surface area contributed by atoms with Crippen molar-refractivity contribution in [2.75, 3.05) is 18.1 Å². The zero-order valence-corrected chi connectivity index (χ0v) is 13.5. The molecular weight excluding hydrogens is 321 g/mol. The molecular formula is C15H16FN3O3S. The van der Waals surface area contributed by atoms with Gasteiger partial charge in [-0.1, -0.05) is 0 Å². The third kappa shape index (κ3) is 4.38. The predicted molar refractivity (Wildman–Crippen MR) is 86.3 cm³/mol. The number of thioether (sulfide) groups is 1. The van der Waals surface area contributed by atoms with Crippen molar-refractivity contribution in [3.63, 3.8) is 0 Å². The van der Waals surface area contributed by atoms with Crippen LogP contribution in [-0.2, 0) is 4.79 Å². The average Bonchev–Trinajstić information content (AvgIpc) is 2.47. The molecule has 0 saturated carbocycles. The number of carbonyl (C=O) groups excluding carboxylic acids is 1. The Kier molecular flexibility index (Phi) is 5.49. The van der Waals surface area contributed by atoms with Crippen molar-refractivity contribution >= 4 is 34.7 Å². The van der Waals surface area contributed by atoms with Gasteiger partial charge in [0, 0.05) is 18.4 Å². The monoisotopic (exact) mass is 337 g/mol. The fourth-order valence-electron chi connectivity index (χ4n) is 1.96. The van der Waals surface area contributed by atoms with Crippen molar-refractivity contribution in [2.45, 2.75) is 13.8 Å². The summed E-state index contributed by atoms with van der Waals surface area (Å²) < 4.78 is 13.7. The van der Waals surface area contributed by atoms with Gasteiger partial charge in [-0.25, -0.2) is 14.4 Å². The lowest BCUT2D eigenvalue weighted by Gasteiger charge is -2.09. The number of aryl methyl sites for hydroxylation is 2. The fraction of sp³-hybridized carbons (Fsp3) is 0.333. The number of aromatic nitrogens is 2. The van der Waals surface area contributed by atoms with Gasteiger partial charge in [-0.15, -0.1) is 11.8 Å². The third-order valence-electron chi connectivity index (χ3n) is 3.15. The maximum atomic E-state index is 13.7. The highest BCUT2D eigenvalue weighted by molar-refractivity contribution is 7.99. The van der Waals surface area contributed by atoms with Gasteiger partial charge in [-0.3, -0.25) is 9.59 Å². The van der Waals surface area contributed by atoms with E-state index in [1.165, 1.54) is 17.8 Å². The first kappa shape index (κ1) is 17.1. The van der Waals surface area contributed by atoms with Crippen LogP contribution in [0.1, 0.15) is 21.7 Å². The minimum atomic E-state index is -0.904. The van der Waals surface area contributed by atoms with Crippen LogP contribution >= 0.6 is 11.8 Å². The molecule has 0 bridgehead atoms. The smallest absolute Gasteiger partial charge is 0.313 e. The van der Waals surface area contributed by atoms with E-state index in [4.69, 9.17) is 5.11 Å². The van der Waals surface area contributed by atoms with E-state index in [9.17, 15) is 14.0 Å². The molecule has 2 rings (SSSR count). The number of hydrogen-bond donors (Lipinski definition) is 2. The second-order valence-corrected chi connectivity index (χ2v) is 6.02. The summed E-state index contributed by atoms with van der Waals surface area (Å²) in [6, 6.07) is 2.37. The van der Waals surface area contributed by atoms with Gasteiger partial charge < -0.3 is 10.4 Å². The van der Waals surface area contributed by atoms with Crippen molar-refractivity contribution in [3.8, 4) is 0 Å². The van der Waals surface area contributed by atoms with E-state index < -0.39 is 17.7 Å². The molecule has 2 aromatic rings. The van der Waals surface area contributed by atoms with Crippen molar-refractivity contribution in [3.05, 3.63) is 34.9 Å². The first-order valence-corrected chi connectivity index (χ1v) is 8.06. The van der Waals surface area contributed by atoms with E-state index in [0.717, 1.165) is 6.07 Å². The maximum absolute atomic E-state index is 13.7. The van der Waals surface area contributed by atoms with E-state index in [1.54, 1.807) is 13.8 Å². The van der Waals surface area contributed by atoms with Crippen LogP contribution in [0, 0.1) is 19.7 Å². The second-order valence-electron chi connectivity index (χ2n) is 4.92. The van der Waals surface area contributed by atoms with Crippen molar-refractivity contribution in [2.24, 2.45) is 0 Å². The van der Waals surface area contributed by atoms with E-state index in [2.05, 4.69) is 15.3 Å². The van der Waals surface area contributed by atoms with Crippen LogP contribution in [0.15, 0.2) is 12.1 Å². The molecule has 2 N–H and O–H groups in total. The Balaban J connectivity index is 2.16. The molecule has 6 nitrogen and oxygen atoms in total. The summed E-state index contributed by atoms with van der Waals surface area (Å²) in [5.41, 5.74) is 2.16. The number of aliphatic carboxylic acids is 1. The number of carboxylic acid groups (broad SMARTS) is 1. The number of benzene rings is 1. The maximum Gasteiger partial charge on any atom is 0.313 e. The summed E-state index contributed by atoms with van der Waals surface area (Å²) >= 11 is 1.19. The predicted octanol–water partition coefficient (Wildman–Crippen LogP) is 1.93. The lowest BCUT2D eigenvalue weighted by atomic mass is 10.1. The van der Waals surface area contributed by atoms with Crippen LogP contribution in [0.3, 0.4) is 0 Å². The van der Waals surface area contributed by atoms with E-state index in [1.807, 2.05) is 0 Å². The Morgan fingerprint density at radius 1 is 1.26 bits per heavy atom. The summed E-state index contributed by atoms with van der Waals surface area (Å²) in [5, 5.41) is 11.2. The SMILES string of the molecule is Cc1nc2cc(F)cc(C(=O)NCCSCC(=O)O)c2nc1C. The number of nitrogens with one attached hydrogen (secondary N) is 1. The van der Waals surface area contributed by atoms with Gasteiger partial charge in [0.15, 0.2) is 0 Å². The summed E-state index contributed by atoms with van der Waals surface area (Å²) in [4.78, 5) is 31.2. The number of nitrogens with zero attached hydrogens (tertiary/aromatic N) is 2. The lowest BCUT2D eigenvalue weighted by Crippen LogP contribution is -2.26. The van der Waals surface area contributed by atoms with Crippen molar-refractivity contribution in [1.82, 2.24) is 15.3 Å². The highest BCUT2D eigenvalue weighted by Gasteiger charge is 2.15. The normalized spacial score (nSPS) is 10.7. The standard InChI is InChI=1S/C15H16FN3O3S/c1-8-9(2)19-14-11(5-10(16)6-12(14)18-8)15(22)17-3-4-23-7-13(20)21/h5-6H,3-4,7H2,1-2H3,(H,17,22)(H,20,21). The van der Waals surface area contributed by atoms with Gasteiger partial charge in [-0.2, -0.15) is 0 Å². The van der Waals surface area contributed by atoms with Gasteiger partial charge >= 0.3 is 5.97 Å². The van der Waals surface area contributed by atoms with Crippen LogP contribution in [0.5, 0.6) is 0 Å². The van der Waals surface area contributed by atoms with E-state index >= 15 is 0 Å². The van der Waals surface area contributed by atoms with Gasteiger partial charge in [0.25, 0.3) is 5.91 Å². The molecule has 0 radical (unpaired) electrons. The molecule has 0 unspecified atom stereocenters. The van der Waals surface area contributed by atoms with Gasteiger partial charge in [0.05, 0.1) is 28.2 Å². The topological polar surface area (TPSA) is 92.2 Å². The zero-order valence-electron chi connectivity index (χ0n) is 12.7. The molecule has 0 saturated heterocycles. The van der Waals surface area contributed by atoms with Crippen LogP contribution < -0.4 is 5.32 Å². The van der Waals surface area contributed by atoms with Crippen molar-refractivity contribution in [1.29, 1.82) is 0 Å². The number of fused-ring (bicyclic) bond motifs is 1. The van der Waals surface area contributed by atoms with E-state index in [-0.39, 0.29) is 17.9 Å². The minimum absolute atomic E-state index is 0.0251. The van der Waals surface area contributed by atoms with Crippen LogP contribution in [-0.4, -0.2) is 45.0 Å². The highest BCUT2D eigenvalue weighted by Crippen LogP contribution is 2.19. The quantitative estimate of drug-likeness (QED) is 0.783. The van der Waals surface area contributed by atoms with Gasteiger partial charge in [0.2, 0.25) is 0 Å². The molecule has 1 aromatic carbocycles. The molecule has 122 valence electrons. The average molecular weight is 337 g/mol. The Hall–Kier alpha value is -2.22. The van der Waals surface area contributed by atoms with Gasteiger partial charge in [0.1, 0.15) is 11.3 Å². The number of rotatable bonds is 6. The first-order valence-electron chi connectivity index (χ1n) is 6.90. The lowest BCUT2D eigenvalue weighted by molar-refractivity contribution is -0.133. The summed E-state index contributed by atoms with van der Waals surface area (Å²) in [5.74, 6) is -1.49. The van der Waals surface area contributed by atoms with Crippen LogP contribution in [0.2, 0.25) is 0 Å². The van der Waals surface area contributed by atoms with Crippen LogP contribution in [0.25, 0.3) is 11.0 Å². The van der Waals surface area contributed by atoms with Gasteiger partial charge in [-0.05, 0) is 19.9 Å². The Bertz CT molecular complexity index is 767. The summed E-state index contributed by atoms with van der Waals surface area (Å²) in [6.07, 6.45) is 0. The molecule has 8 heteroatoms. The fourth-order valence-corrected chi connectivity index (χ4v) is 2.53. The van der Waals surface area contributed by atoms with E-state index in [0.29, 0.717) is 28.2 Å². The first-order chi connectivity index (χ1) is 10.9. The number of carbonyl (C=O) groups is 2. The molecule has 1 aromatic heterocycles. The highest BCUT2D eigenvalue weighted by atomic mass is 32.2. The Labute approximate surface area is 136 Å². The number of hydrogen-bond acceptors (Lipinski definition) is 5. The third-order valence-corrected chi connectivity index (χ3v) is 4.09. The molecule has 0 aliphatic heterocycles. The largest absolute Gasteiger partial charge is 0.481 e. The Morgan fingerprint density at radius 3 is 2.65 bits per heavy atom. The molecule has 23 heavy (non-hydrogen) atoms. The molecule has 1 amide bonds. The Morgan fingerprint density at radius 2 is 1.96 bits per heavy atom. The molecule has 0 spiro atoms. The molecule has 0 aliphatic carbocycles. The number of halogens is 1. The number of carboxylic acids is 1. The van der Waals surface area contributed by atoms with Crippen molar-refractivity contribution < 1.29 is 19.1 Å². The summed E-state index contributed by atoms with van der Waals surface area (Å²) in [6.45, 7) is 3.83. The van der Waals surface area contributed by atoms with Crippen LogP contribution in [0.4, 0.5) is 4.39 Å². The molecule has 1 heterocycles. The summed E-state index contributed by atoms with van der Waals surface area (Å²) in [7, 11) is 0. The second kappa shape index (κ2) is 7.36. The number of amides is 1. The minimum Gasteiger partial charge on any atom is -0.481 e. The molecule has 0 aliphatic rings.